The van der Waals surface area contributed by atoms with Gasteiger partial charge in [-0.2, -0.15) is 0 Å². The van der Waals surface area contributed by atoms with Crippen molar-refractivity contribution < 1.29 is 16.8 Å². The topological polar surface area (TPSA) is 108 Å². The second-order valence-corrected chi connectivity index (χ2v) is 11.2. The molecule has 0 unspecified atom stereocenters. The summed E-state index contributed by atoms with van der Waals surface area (Å²) in [6.45, 7) is 5.02. The maximum absolute atomic E-state index is 13.0. The fraction of sp³-hybridized carbons (Fsp3) is 0.217. The highest BCUT2D eigenvalue weighted by Gasteiger charge is 2.21. The van der Waals surface area contributed by atoms with Crippen LogP contribution in [0.2, 0.25) is 0 Å². The summed E-state index contributed by atoms with van der Waals surface area (Å²) in [5.41, 5.74) is 2.05. The molecule has 0 aliphatic carbocycles. The molecule has 1 fully saturated rings. The number of anilines is 3. The van der Waals surface area contributed by atoms with Crippen LogP contribution < -0.4 is 19.7 Å². The molecule has 0 amide bonds. The molecule has 0 saturated carbocycles. The lowest BCUT2D eigenvalue weighted by molar-refractivity contribution is 0.589. The fourth-order valence-corrected chi connectivity index (χ4v) is 5.72. The molecule has 3 aromatic rings. The molecule has 1 aliphatic heterocycles. The Morgan fingerprint density at radius 2 is 1.30 bits per heavy atom. The lowest BCUT2D eigenvalue weighted by Crippen LogP contribution is -2.43. The summed E-state index contributed by atoms with van der Waals surface area (Å²) < 4.78 is 57.1. The van der Waals surface area contributed by atoms with Crippen LogP contribution in [-0.2, 0) is 20.0 Å². The van der Waals surface area contributed by atoms with E-state index < -0.39 is 20.0 Å². The second-order valence-electron chi connectivity index (χ2n) is 7.80. The monoisotopic (exact) mass is 486 g/mol. The molecule has 0 bridgehead atoms. The van der Waals surface area contributed by atoms with E-state index >= 15 is 0 Å². The summed E-state index contributed by atoms with van der Waals surface area (Å²) >= 11 is 0. The second kappa shape index (κ2) is 9.42. The Morgan fingerprint density at radius 3 is 1.94 bits per heavy atom. The summed E-state index contributed by atoms with van der Waals surface area (Å²) in [6.07, 6.45) is 0. The van der Waals surface area contributed by atoms with Crippen molar-refractivity contribution in [2.75, 3.05) is 40.5 Å². The van der Waals surface area contributed by atoms with Crippen molar-refractivity contribution in [3.8, 4) is 0 Å². The van der Waals surface area contributed by atoms with Crippen LogP contribution in [-0.4, -0.2) is 43.0 Å². The molecule has 1 saturated heterocycles. The van der Waals surface area contributed by atoms with Crippen LogP contribution in [0.15, 0.2) is 82.6 Å². The molecule has 1 heterocycles. The Kier molecular flexibility index (Phi) is 6.59. The molecule has 4 rings (SSSR count). The number of aryl methyl sites for hydroxylation is 1. The number of rotatable bonds is 7. The lowest BCUT2D eigenvalue weighted by Gasteiger charge is -2.30. The Bertz CT molecular complexity index is 1320. The molecular weight excluding hydrogens is 460 g/mol. The van der Waals surface area contributed by atoms with Gasteiger partial charge in [0.1, 0.15) is 0 Å². The third-order valence-electron chi connectivity index (χ3n) is 5.36. The zero-order valence-electron chi connectivity index (χ0n) is 18.2. The number of nitrogens with one attached hydrogen (secondary N) is 3. The Morgan fingerprint density at radius 1 is 0.727 bits per heavy atom. The Hall–Kier alpha value is -3.08. The largest absolute Gasteiger partial charge is 0.369 e. The van der Waals surface area contributed by atoms with Crippen molar-refractivity contribution in [3.05, 3.63) is 78.4 Å². The fourth-order valence-electron chi connectivity index (χ4n) is 3.55. The zero-order valence-corrected chi connectivity index (χ0v) is 19.8. The van der Waals surface area contributed by atoms with Gasteiger partial charge in [0.05, 0.1) is 21.2 Å². The molecule has 3 aromatic carbocycles. The maximum Gasteiger partial charge on any atom is 0.261 e. The van der Waals surface area contributed by atoms with E-state index in [1.807, 2.05) is 6.92 Å². The molecular formula is C23H26N4O4S2. The van der Waals surface area contributed by atoms with Crippen molar-refractivity contribution in [2.45, 2.75) is 16.7 Å². The molecule has 0 atom stereocenters. The molecule has 8 nitrogen and oxygen atoms in total. The van der Waals surface area contributed by atoms with Gasteiger partial charge in [-0.1, -0.05) is 35.9 Å². The van der Waals surface area contributed by atoms with Gasteiger partial charge in [0.2, 0.25) is 0 Å². The minimum atomic E-state index is -3.92. The van der Waals surface area contributed by atoms with Crippen LogP contribution >= 0.6 is 0 Å². The molecule has 1 aliphatic rings. The first-order valence-corrected chi connectivity index (χ1v) is 13.5. The van der Waals surface area contributed by atoms with Crippen molar-refractivity contribution in [1.82, 2.24) is 5.32 Å². The van der Waals surface area contributed by atoms with Crippen LogP contribution in [0, 0.1) is 6.92 Å². The average molecular weight is 487 g/mol. The SMILES string of the molecule is Cc1ccc(S(=O)(=O)Nc2ccc(N3CCNCC3)cc2NS(=O)(=O)c2ccccc2)cc1. The quantitative estimate of drug-likeness (QED) is 0.474. The molecule has 0 radical (unpaired) electrons. The van der Waals surface area contributed by atoms with E-state index in [-0.39, 0.29) is 21.2 Å². The van der Waals surface area contributed by atoms with E-state index in [0.717, 1.165) is 37.4 Å². The molecule has 0 spiro atoms. The molecule has 33 heavy (non-hydrogen) atoms. The van der Waals surface area contributed by atoms with Crippen LogP contribution in [0.3, 0.4) is 0 Å². The predicted octanol–water partition coefficient (Wildman–Crippen LogP) is 3.01. The van der Waals surface area contributed by atoms with E-state index in [1.54, 1.807) is 48.5 Å². The van der Waals surface area contributed by atoms with Gasteiger partial charge < -0.3 is 10.2 Å². The first-order valence-electron chi connectivity index (χ1n) is 10.5. The lowest BCUT2D eigenvalue weighted by atomic mass is 10.2. The van der Waals surface area contributed by atoms with E-state index in [2.05, 4.69) is 19.7 Å². The number of hydrogen-bond acceptors (Lipinski definition) is 6. The van der Waals surface area contributed by atoms with Crippen molar-refractivity contribution >= 4 is 37.1 Å². The number of sulfonamides is 2. The van der Waals surface area contributed by atoms with Crippen LogP contribution in [0.5, 0.6) is 0 Å². The van der Waals surface area contributed by atoms with Gasteiger partial charge in [0.15, 0.2) is 0 Å². The third-order valence-corrected chi connectivity index (χ3v) is 8.12. The highest BCUT2D eigenvalue weighted by Crippen LogP contribution is 2.32. The van der Waals surface area contributed by atoms with E-state index in [1.165, 1.54) is 24.3 Å². The summed E-state index contributed by atoms with van der Waals surface area (Å²) in [6, 6.07) is 19.5. The van der Waals surface area contributed by atoms with Gasteiger partial charge in [0.25, 0.3) is 20.0 Å². The standard InChI is InChI=1S/C23H26N4O4S2/c1-18-7-10-21(11-8-18)33(30,31)25-22-12-9-19(27-15-13-24-14-16-27)17-23(22)26-32(28,29)20-5-3-2-4-6-20/h2-12,17,24-26H,13-16H2,1H3. The maximum atomic E-state index is 13.0. The predicted molar refractivity (Wildman–Crippen MR) is 131 cm³/mol. The van der Waals surface area contributed by atoms with Gasteiger partial charge in [-0.05, 0) is 49.4 Å². The van der Waals surface area contributed by atoms with Gasteiger partial charge in [-0.15, -0.1) is 0 Å². The van der Waals surface area contributed by atoms with Crippen molar-refractivity contribution in [3.63, 3.8) is 0 Å². The van der Waals surface area contributed by atoms with Gasteiger partial charge in [-0.25, -0.2) is 16.8 Å². The Balaban J connectivity index is 1.71. The summed E-state index contributed by atoms with van der Waals surface area (Å²) in [4.78, 5) is 2.30. The Labute approximate surface area is 194 Å². The van der Waals surface area contributed by atoms with Gasteiger partial charge in [0, 0.05) is 31.9 Å². The zero-order chi connectivity index (χ0) is 23.5. The van der Waals surface area contributed by atoms with E-state index in [9.17, 15) is 16.8 Å². The molecule has 0 aromatic heterocycles. The third kappa shape index (κ3) is 5.47. The normalized spacial score (nSPS) is 14.6. The van der Waals surface area contributed by atoms with Crippen molar-refractivity contribution in [2.24, 2.45) is 0 Å². The first kappa shape index (κ1) is 23.1. The van der Waals surface area contributed by atoms with Crippen molar-refractivity contribution in [1.29, 1.82) is 0 Å². The van der Waals surface area contributed by atoms with Crippen LogP contribution in [0.25, 0.3) is 0 Å². The highest BCUT2D eigenvalue weighted by atomic mass is 32.2. The first-order chi connectivity index (χ1) is 15.7. The van der Waals surface area contributed by atoms with Crippen LogP contribution in [0.1, 0.15) is 5.56 Å². The number of benzene rings is 3. The van der Waals surface area contributed by atoms with Crippen LogP contribution in [0.4, 0.5) is 17.1 Å². The summed E-state index contributed by atoms with van der Waals surface area (Å²) in [5, 5.41) is 3.28. The van der Waals surface area contributed by atoms with Gasteiger partial charge >= 0.3 is 0 Å². The number of hydrogen-bond donors (Lipinski definition) is 3. The summed E-state index contributed by atoms with van der Waals surface area (Å²) in [5.74, 6) is 0. The number of nitrogens with zero attached hydrogens (tertiary/aromatic N) is 1. The minimum absolute atomic E-state index is 0.0879. The van der Waals surface area contributed by atoms with E-state index in [0.29, 0.717) is 0 Å². The molecule has 3 N–H and O–H groups in total. The number of piperazine rings is 1. The van der Waals surface area contributed by atoms with E-state index in [4.69, 9.17) is 0 Å². The average Bonchev–Trinajstić information content (AvgIpc) is 2.81. The highest BCUT2D eigenvalue weighted by molar-refractivity contribution is 7.93. The molecule has 174 valence electrons. The van der Waals surface area contributed by atoms with Gasteiger partial charge in [-0.3, -0.25) is 9.44 Å². The summed E-state index contributed by atoms with van der Waals surface area (Å²) in [7, 11) is -7.84. The smallest absolute Gasteiger partial charge is 0.261 e. The minimum Gasteiger partial charge on any atom is -0.369 e. The molecule has 10 heteroatoms.